The maximum Gasteiger partial charge on any atom is 0.287 e. The van der Waals surface area contributed by atoms with E-state index in [1.165, 1.54) is 6.26 Å². The molecule has 126 valence electrons. The van der Waals surface area contributed by atoms with Crippen LogP contribution >= 0.6 is 0 Å². The summed E-state index contributed by atoms with van der Waals surface area (Å²) in [6.45, 7) is 0.808. The average molecular weight is 328 g/mol. The lowest BCUT2D eigenvalue weighted by atomic mass is 10.0. The number of carbonyl (C=O) groups is 2. The van der Waals surface area contributed by atoms with Gasteiger partial charge in [-0.2, -0.15) is 0 Å². The first kappa shape index (κ1) is 16.3. The summed E-state index contributed by atoms with van der Waals surface area (Å²) in [6, 6.07) is 12.0. The first-order chi connectivity index (χ1) is 11.6. The van der Waals surface area contributed by atoms with Crippen molar-refractivity contribution in [3.8, 4) is 0 Å². The zero-order valence-electron chi connectivity index (χ0n) is 13.2. The van der Waals surface area contributed by atoms with Gasteiger partial charge in [-0.25, -0.2) is 0 Å². The summed E-state index contributed by atoms with van der Waals surface area (Å²) in [5.41, 5.74) is 0.954. The molecule has 6 nitrogen and oxygen atoms in total. The van der Waals surface area contributed by atoms with Crippen molar-refractivity contribution >= 4 is 11.8 Å². The number of nitrogens with zero attached hydrogens (tertiary/aromatic N) is 1. The molecule has 1 aliphatic rings. The van der Waals surface area contributed by atoms with Crippen LogP contribution in [-0.4, -0.2) is 47.1 Å². The lowest BCUT2D eigenvalue weighted by Crippen LogP contribution is -2.49. The minimum Gasteiger partial charge on any atom is -0.459 e. The van der Waals surface area contributed by atoms with Crippen LogP contribution in [0.4, 0.5) is 0 Å². The van der Waals surface area contributed by atoms with Gasteiger partial charge in [0.05, 0.1) is 12.4 Å². The number of hydrogen-bond acceptors (Lipinski definition) is 4. The van der Waals surface area contributed by atoms with E-state index in [0.717, 1.165) is 5.56 Å². The van der Waals surface area contributed by atoms with E-state index in [2.05, 4.69) is 5.32 Å². The number of carbonyl (C=O) groups excluding carboxylic acids is 2. The van der Waals surface area contributed by atoms with Gasteiger partial charge in [0.1, 0.15) is 6.04 Å². The molecule has 1 saturated heterocycles. The number of benzene rings is 1. The summed E-state index contributed by atoms with van der Waals surface area (Å²) >= 11 is 0. The van der Waals surface area contributed by atoms with Gasteiger partial charge in [0.15, 0.2) is 5.76 Å². The van der Waals surface area contributed by atoms with Crippen molar-refractivity contribution in [3.63, 3.8) is 0 Å². The molecular weight excluding hydrogens is 308 g/mol. The number of β-amino-alcohol motifs (C(OH)–C–C–N with tert-alkyl or cyclic N) is 1. The fraction of sp³-hybridized carbons (Fsp3) is 0.333. The maximum absolute atomic E-state index is 12.8. The summed E-state index contributed by atoms with van der Waals surface area (Å²) in [6.07, 6.45) is 1.88. The van der Waals surface area contributed by atoms with Gasteiger partial charge in [0.25, 0.3) is 5.91 Å². The molecule has 2 heterocycles. The molecule has 0 saturated carbocycles. The lowest BCUT2D eigenvalue weighted by molar-refractivity contribution is -0.132. The van der Waals surface area contributed by atoms with Gasteiger partial charge in [0.2, 0.25) is 5.91 Å². The second-order valence-electron chi connectivity index (χ2n) is 5.92. The third kappa shape index (κ3) is 3.83. The Balaban J connectivity index is 1.75. The van der Waals surface area contributed by atoms with E-state index in [1.54, 1.807) is 17.0 Å². The molecule has 6 heteroatoms. The van der Waals surface area contributed by atoms with Crippen LogP contribution < -0.4 is 5.32 Å². The molecule has 2 N–H and O–H groups in total. The summed E-state index contributed by atoms with van der Waals surface area (Å²) < 4.78 is 5.09. The summed E-state index contributed by atoms with van der Waals surface area (Å²) in [5, 5.41) is 12.4. The third-order valence-corrected chi connectivity index (χ3v) is 4.11. The van der Waals surface area contributed by atoms with Crippen molar-refractivity contribution in [2.45, 2.75) is 25.0 Å². The molecule has 0 aliphatic carbocycles. The standard InChI is InChI=1S/C18H20N2O4/c21-14-8-9-20(12-14)18(23)15(11-13-5-2-1-3-6-13)19-17(22)16-7-4-10-24-16/h1-7,10,14-15,21H,8-9,11-12H2,(H,19,22)/t14-,15?/m1/s1. The number of amides is 2. The molecular formula is C18H20N2O4. The zero-order chi connectivity index (χ0) is 16.9. The van der Waals surface area contributed by atoms with E-state index in [9.17, 15) is 14.7 Å². The fourth-order valence-electron chi connectivity index (χ4n) is 2.85. The van der Waals surface area contributed by atoms with Crippen molar-refractivity contribution in [1.82, 2.24) is 10.2 Å². The molecule has 0 bridgehead atoms. The number of furan rings is 1. The molecule has 1 unspecified atom stereocenters. The van der Waals surface area contributed by atoms with Gasteiger partial charge in [-0.3, -0.25) is 9.59 Å². The van der Waals surface area contributed by atoms with Crippen molar-refractivity contribution in [2.75, 3.05) is 13.1 Å². The Kier molecular flexibility index (Phi) is 4.96. The van der Waals surface area contributed by atoms with Gasteiger partial charge >= 0.3 is 0 Å². The predicted octanol–water partition coefficient (Wildman–Crippen LogP) is 1.21. The first-order valence-electron chi connectivity index (χ1n) is 7.98. The van der Waals surface area contributed by atoms with E-state index in [-0.39, 0.29) is 11.7 Å². The molecule has 1 aliphatic heterocycles. The Hall–Kier alpha value is -2.60. The van der Waals surface area contributed by atoms with Gasteiger partial charge in [-0.05, 0) is 24.1 Å². The van der Waals surface area contributed by atoms with Gasteiger partial charge in [-0.1, -0.05) is 30.3 Å². The van der Waals surface area contributed by atoms with Crippen LogP contribution in [0.5, 0.6) is 0 Å². The highest BCUT2D eigenvalue weighted by molar-refractivity contribution is 5.95. The van der Waals surface area contributed by atoms with Crippen LogP contribution in [0.25, 0.3) is 0 Å². The smallest absolute Gasteiger partial charge is 0.287 e. The Bertz CT molecular complexity index is 684. The molecule has 2 amide bonds. The maximum atomic E-state index is 12.8. The van der Waals surface area contributed by atoms with Gasteiger partial charge in [0, 0.05) is 19.5 Å². The largest absolute Gasteiger partial charge is 0.459 e. The first-order valence-corrected chi connectivity index (χ1v) is 7.98. The highest BCUT2D eigenvalue weighted by atomic mass is 16.3. The molecule has 3 rings (SSSR count). The van der Waals surface area contributed by atoms with Gasteiger partial charge in [-0.15, -0.1) is 0 Å². The van der Waals surface area contributed by atoms with Crippen LogP contribution in [0.3, 0.4) is 0 Å². The minimum atomic E-state index is -0.699. The SMILES string of the molecule is O=C(NC(Cc1ccccc1)C(=O)N1CC[C@@H](O)C1)c1ccco1. The van der Waals surface area contributed by atoms with E-state index in [0.29, 0.717) is 25.9 Å². The molecule has 1 aromatic heterocycles. The van der Waals surface area contributed by atoms with Crippen LogP contribution in [0.1, 0.15) is 22.5 Å². The number of nitrogens with one attached hydrogen (secondary N) is 1. The van der Waals surface area contributed by atoms with E-state index in [4.69, 9.17) is 4.42 Å². The molecule has 24 heavy (non-hydrogen) atoms. The Morgan fingerprint density at radius 3 is 2.67 bits per heavy atom. The lowest BCUT2D eigenvalue weighted by Gasteiger charge is -2.24. The molecule has 2 atom stereocenters. The normalized spacial score (nSPS) is 18.4. The topological polar surface area (TPSA) is 82.8 Å². The van der Waals surface area contributed by atoms with E-state index >= 15 is 0 Å². The third-order valence-electron chi connectivity index (χ3n) is 4.11. The Morgan fingerprint density at radius 2 is 2.04 bits per heavy atom. The molecule has 1 fully saturated rings. The summed E-state index contributed by atoms with van der Waals surface area (Å²) in [4.78, 5) is 26.6. The highest BCUT2D eigenvalue weighted by Crippen LogP contribution is 2.13. The second-order valence-corrected chi connectivity index (χ2v) is 5.92. The molecule has 2 aromatic rings. The zero-order valence-corrected chi connectivity index (χ0v) is 13.2. The van der Waals surface area contributed by atoms with Crippen LogP contribution in [0, 0.1) is 0 Å². The number of likely N-dealkylation sites (tertiary alicyclic amines) is 1. The molecule has 0 spiro atoms. The number of hydrogen-bond donors (Lipinski definition) is 2. The molecule has 0 radical (unpaired) electrons. The van der Waals surface area contributed by atoms with Gasteiger partial charge < -0.3 is 19.7 Å². The predicted molar refractivity (Wildman–Crippen MR) is 87.3 cm³/mol. The van der Waals surface area contributed by atoms with Crippen molar-refractivity contribution < 1.29 is 19.1 Å². The Labute approximate surface area is 140 Å². The van der Waals surface area contributed by atoms with Crippen LogP contribution in [0.15, 0.2) is 53.1 Å². The van der Waals surface area contributed by atoms with Crippen molar-refractivity contribution in [1.29, 1.82) is 0 Å². The number of aliphatic hydroxyl groups excluding tert-OH is 1. The summed E-state index contributed by atoms with van der Waals surface area (Å²) in [7, 11) is 0. The second kappa shape index (κ2) is 7.31. The monoisotopic (exact) mass is 328 g/mol. The number of aliphatic hydroxyl groups is 1. The van der Waals surface area contributed by atoms with Crippen molar-refractivity contribution in [3.05, 3.63) is 60.1 Å². The van der Waals surface area contributed by atoms with Crippen LogP contribution in [0.2, 0.25) is 0 Å². The van der Waals surface area contributed by atoms with Crippen LogP contribution in [-0.2, 0) is 11.2 Å². The fourth-order valence-corrected chi connectivity index (χ4v) is 2.85. The summed E-state index contributed by atoms with van der Waals surface area (Å²) in [5.74, 6) is -0.438. The Morgan fingerprint density at radius 1 is 1.25 bits per heavy atom. The number of rotatable bonds is 5. The van der Waals surface area contributed by atoms with E-state index < -0.39 is 18.1 Å². The minimum absolute atomic E-state index is 0.169. The molecule has 1 aromatic carbocycles. The van der Waals surface area contributed by atoms with Crippen molar-refractivity contribution in [2.24, 2.45) is 0 Å². The highest BCUT2D eigenvalue weighted by Gasteiger charge is 2.31. The quantitative estimate of drug-likeness (QED) is 0.864. The van der Waals surface area contributed by atoms with E-state index in [1.807, 2.05) is 30.3 Å². The average Bonchev–Trinajstić information content (AvgIpc) is 3.26.